The lowest BCUT2D eigenvalue weighted by molar-refractivity contribution is 0.331. The van der Waals surface area contributed by atoms with Crippen LogP contribution in [0.15, 0.2) is 11.1 Å². The highest BCUT2D eigenvalue weighted by atomic mass is 32.2. The molecule has 0 unspecified atom stereocenters. The summed E-state index contributed by atoms with van der Waals surface area (Å²) in [5.41, 5.74) is 0.644. The maximum atomic E-state index is 12.8. The first-order chi connectivity index (χ1) is 10.5. The Hall–Kier alpha value is -1.74. The third-order valence-electron chi connectivity index (χ3n) is 4.50. The molecule has 0 saturated heterocycles. The van der Waals surface area contributed by atoms with Gasteiger partial charge < -0.3 is 4.57 Å². The van der Waals surface area contributed by atoms with Crippen LogP contribution in [0.3, 0.4) is 0 Å². The van der Waals surface area contributed by atoms with Crippen LogP contribution >= 0.6 is 0 Å². The first-order valence-corrected chi connectivity index (χ1v) is 8.83. The summed E-state index contributed by atoms with van der Waals surface area (Å²) >= 11 is 0. The molecular formula is C13H18N6O2S. The molecule has 0 atom stereocenters. The Morgan fingerprint density at radius 1 is 1.23 bits per heavy atom. The van der Waals surface area contributed by atoms with Crippen LogP contribution in [0.2, 0.25) is 0 Å². The molecule has 22 heavy (non-hydrogen) atoms. The molecule has 8 nitrogen and oxygen atoms in total. The van der Waals surface area contributed by atoms with Gasteiger partial charge in [-0.1, -0.05) is 0 Å². The molecule has 1 aliphatic heterocycles. The normalized spacial score (nSPS) is 19.4. The van der Waals surface area contributed by atoms with Gasteiger partial charge in [-0.05, 0) is 19.8 Å². The van der Waals surface area contributed by atoms with Gasteiger partial charge in [0, 0.05) is 26.1 Å². The fraction of sp³-hybridized carbons (Fsp3) is 0.615. The number of nitrogens with zero attached hydrogens (tertiary/aromatic N) is 6. The highest BCUT2D eigenvalue weighted by Gasteiger charge is 2.36. The van der Waals surface area contributed by atoms with Gasteiger partial charge in [0.1, 0.15) is 16.5 Å². The summed E-state index contributed by atoms with van der Waals surface area (Å²) in [6.45, 7) is 3.10. The quantitative estimate of drug-likeness (QED) is 0.816. The van der Waals surface area contributed by atoms with Gasteiger partial charge in [0.25, 0.3) is 0 Å². The van der Waals surface area contributed by atoms with Crippen molar-refractivity contribution in [3.8, 4) is 0 Å². The first-order valence-electron chi connectivity index (χ1n) is 7.39. The zero-order valence-corrected chi connectivity index (χ0v) is 13.4. The van der Waals surface area contributed by atoms with E-state index in [1.54, 1.807) is 18.7 Å². The predicted molar refractivity (Wildman–Crippen MR) is 77.5 cm³/mol. The minimum atomic E-state index is -3.54. The summed E-state index contributed by atoms with van der Waals surface area (Å²) in [7, 11) is -1.80. The number of sulfonamides is 1. The third-order valence-corrected chi connectivity index (χ3v) is 6.45. The van der Waals surface area contributed by atoms with Crippen LogP contribution in [0.25, 0.3) is 0 Å². The van der Waals surface area contributed by atoms with Crippen molar-refractivity contribution in [2.45, 2.75) is 43.7 Å². The van der Waals surface area contributed by atoms with Gasteiger partial charge >= 0.3 is 0 Å². The second kappa shape index (κ2) is 4.63. The largest absolute Gasteiger partial charge is 0.312 e. The Labute approximate surface area is 128 Å². The number of rotatable bonds is 3. The molecule has 0 aromatic carbocycles. The molecular weight excluding hydrogens is 304 g/mol. The van der Waals surface area contributed by atoms with Crippen LogP contribution in [0, 0.1) is 6.92 Å². The number of fused-ring (bicyclic) bond motifs is 1. The van der Waals surface area contributed by atoms with E-state index in [-0.39, 0.29) is 11.4 Å². The van der Waals surface area contributed by atoms with Crippen molar-refractivity contribution in [3.63, 3.8) is 0 Å². The topological polar surface area (TPSA) is 85.9 Å². The molecule has 2 aromatic heterocycles. The number of aromatic nitrogens is 5. The van der Waals surface area contributed by atoms with Crippen LogP contribution in [0.4, 0.5) is 0 Å². The molecule has 0 spiro atoms. The van der Waals surface area contributed by atoms with Crippen molar-refractivity contribution in [1.82, 2.24) is 28.9 Å². The van der Waals surface area contributed by atoms with Crippen molar-refractivity contribution in [3.05, 3.63) is 23.5 Å². The fourth-order valence-corrected chi connectivity index (χ4v) is 4.45. The van der Waals surface area contributed by atoms with Gasteiger partial charge in [-0.3, -0.25) is 4.68 Å². The molecule has 0 radical (unpaired) electrons. The van der Waals surface area contributed by atoms with E-state index in [1.165, 1.54) is 10.5 Å². The molecule has 1 aliphatic carbocycles. The maximum absolute atomic E-state index is 12.8. The van der Waals surface area contributed by atoms with Gasteiger partial charge in [-0.2, -0.15) is 9.40 Å². The lowest BCUT2D eigenvalue weighted by atomic mass is 10.3. The fourth-order valence-electron chi connectivity index (χ4n) is 2.88. The number of hydrogen-bond donors (Lipinski definition) is 0. The molecule has 2 aromatic rings. The monoisotopic (exact) mass is 322 g/mol. The molecule has 1 saturated carbocycles. The second-order valence-corrected chi connectivity index (χ2v) is 7.86. The average molecular weight is 322 g/mol. The van der Waals surface area contributed by atoms with E-state index in [0.717, 1.165) is 24.5 Å². The molecule has 1 fully saturated rings. The number of aryl methyl sites for hydroxylation is 1. The molecule has 0 bridgehead atoms. The zero-order chi connectivity index (χ0) is 15.5. The summed E-state index contributed by atoms with van der Waals surface area (Å²) in [5.74, 6) is 2.27. The second-order valence-electron chi connectivity index (χ2n) is 5.96. The molecule has 3 heterocycles. The smallest absolute Gasteiger partial charge is 0.246 e. The highest BCUT2D eigenvalue weighted by molar-refractivity contribution is 7.89. The molecule has 0 N–H and O–H groups in total. The van der Waals surface area contributed by atoms with Crippen molar-refractivity contribution in [1.29, 1.82) is 0 Å². The van der Waals surface area contributed by atoms with Crippen LogP contribution in [-0.4, -0.2) is 43.8 Å². The lowest BCUT2D eigenvalue weighted by Gasteiger charge is -2.27. The van der Waals surface area contributed by atoms with Crippen LogP contribution in [0.5, 0.6) is 0 Å². The van der Waals surface area contributed by atoms with E-state index in [1.807, 2.05) is 0 Å². The molecule has 9 heteroatoms. The average Bonchev–Trinajstić information content (AvgIpc) is 3.16. The standard InChI is InChI=1S/C13H18N6O2S/c1-9-11(7-14-17(9)2)22(20,21)18-5-6-19-12(8-18)15-16-13(19)10-3-4-10/h7,10H,3-6,8H2,1-2H3. The van der Waals surface area contributed by atoms with Crippen molar-refractivity contribution in [2.24, 2.45) is 7.05 Å². The predicted octanol–water partition coefficient (Wildman–Crippen LogP) is 0.402. The van der Waals surface area contributed by atoms with Crippen molar-refractivity contribution >= 4 is 10.0 Å². The summed E-state index contributed by atoms with van der Waals surface area (Å²) in [6.07, 6.45) is 3.74. The minimum absolute atomic E-state index is 0.269. The Morgan fingerprint density at radius 3 is 2.64 bits per heavy atom. The van der Waals surface area contributed by atoms with Crippen LogP contribution in [0.1, 0.15) is 36.1 Å². The van der Waals surface area contributed by atoms with E-state index in [4.69, 9.17) is 0 Å². The van der Waals surface area contributed by atoms with Gasteiger partial charge in [0.2, 0.25) is 10.0 Å². The number of hydrogen-bond acceptors (Lipinski definition) is 5. The first kappa shape index (κ1) is 13.9. The molecule has 2 aliphatic rings. The van der Waals surface area contributed by atoms with E-state index >= 15 is 0 Å². The summed E-state index contributed by atoms with van der Waals surface area (Å²) in [4.78, 5) is 0.269. The molecule has 118 valence electrons. The third kappa shape index (κ3) is 1.99. The Balaban J connectivity index is 1.65. The Bertz CT molecular complexity index is 833. The van der Waals surface area contributed by atoms with E-state index in [0.29, 0.717) is 24.7 Å². The maximum Gasteiger partial charge on any atom is 0.246 e. The Morgan fingerprint density at radius 2 is 2.00 bits per heavy atom. The summed E-state index contributed by atoms with van der Waals surface area (Å²) < 4.78 is 30.7. The summed E-state index contributed by atoms with van der Waals surface area (Å²) in [6, 6.07) is 0. The van der Waals surface area contributed by atoms with Gasteiger partial charge in [-0.15, -0.1) is 10.2 Å². The molecule has 4 rings (SSSR count). The SMILES string of the molecule is Cc1c(S(=O)(=O)N2CCn3c(nnc3C3CC3)C2)cnn1C. The summed E-state index contributed by atoms with van der Waals surface area (Å²) in [5, 5.41) is 12.5. The van der Waals surface area contributed by atoms with Crippen LogP contribution < -0.4 is 0 Å². The van der Waals surface area contributed by atoms with Gasteiger partial charge in [0.15, 0.2) is 0 Å². The highest BCUT2D eigenvalue weighted by Crippen LogP contribution is 2.39. The van der Waals surface area contributed by atoms with Crippen molar-refractivity contribution in [2.75, 3.05) is 6.54 Å². The van der Waals surface area contributed by atoms with E-state index in [9.17, 15) is 8.42 Å². The molecule has 0 amide bonds. The van der Waals surface area contributed by atoms with E-state index in [2.05, 4.69) is 19.9 Å². The van der Waals surface area contributed by atoms with Gasteiger partial charge in [-0.25, -0.2) is 8.42 Å². The van der Waals surface area contributed by atoms with Crippen LogP contribution in [-0.2, 0) is 30.2 Å². The Kier molecular flexibility index (Phi) is 2.92. The minimum Gasteiger partial charge on any atom is -0.312 e. The lowest BCUT2D eigenvalue weighted by Crippen LogP contribution is -2.38. The van der Waals surface area contributed by atoms with Gasteiger partial charge in [0.05, 0.1) is 18.4 Å². The van der Waals surface area contributed by atoms with Crippen molar-refractivity contribution < 1.29 is 8.42 Å². The van der Waals surface area contributed by atoms with E-state index < -0.39 is 10.0 Å². The zero-order valence-electron chi connectivity index (χ0n) is 12.6.